The Balaban J connectivity index is 1.97. The van der Waals surface area contributed by atoms with Crippen molar-refractivity contribution in [2.45, 2.75) is 223 Å². The lowest BCUT2D eigenvalue weighted by molar-refractivity contribution is -0.140. The number of carbonyl (C=O) groups is 12. The van der Waals surface area contributed by atoms with Gasteiger partial charge in [-0.2, -0.15) is 0 Å². The lowest BCUT2D eigenvalue weighted by Crippen LogP contribution is -2.65. The molecule has 1 heterocycles. The first-order chi connectivity index (χ1) is 44.4. The maximum absolute atomic E-state index is 15.6. The minimum Gasteiger partial charge on any atom is -0.394 e. The molecule has 15 atom stereocenters. The topological polar surface area (TPSA) is 532 Å². The van der Waals surface area contributed by atoms with E-state index in [-0.39, 0.29) is 62.0 Å². The van der Waals surface area contributed by atoms with Crippen molar-refractivity contribution >= 4 is 76.8 Å². The van der Waals surface area contributed by atoms with Crippen LogP contribution in [0.1, 0.15) is 150 Å². The number of nitrogens with one attached hydrogen (secondary N) is 13. The predicted octanol–water partition coefficient (Wildman–Crippen LogP) is -4.58. The molecule has 0 aromatic heterocycles. The molecule has 1 aliphatic heterocycles. The molecule has 3 aliphatic rings. The fourth-order valence-corrected chi connectivity index (χ4v) is 11.6. The van der Waals surface area contributed by atoms with Gasteiger partial charge in [0.15, 0.2) is 12.1 Å². The highest BCUT2D eigenvalue weighted by Crippen LogP contribution is 2.31. The van der Waals surface area contributed by atoms with Gasteiger partial charge in [-0.15, -0.1) is 0 Å². The second-order valence-corrected chi connectivity index (χ2v) is 25.7. The van der Waals surface area contributed by atoms with Crippen LogP contribution in [0.2, 0.25) is 0 Å². The Hall–Kier alpha value is -8.07. The fraction of sp³-hybridized carbons (Fsp3) is 0.694. The van der Waals surface area contributed by atoms with Crippen molar-refractivity contribution in [1.82, 2.24) is 63.8 Å². The normalized spacial score (nSPS) is 26.1. The molecule has 12 amide bonds. The summed E-state index contributed by atoms with van der Waals surface area (Å²) in [6, 6.07) is -11.6. The van der Waals surface area contributed by atoms with Crippen molar-refractivity contribution < 1.29 is 78.0 Å². The molecule has 0 bridgehead atoms. The van der Waals surface area contributed by atoms with Crippen molar-refractivity contribution in [2.75, 3.05) is 19.7 Å². The van der Waals surface area contributed by atoms with Gasteiger partial charge in [-0.3, -0.25) is 62.9 Å². The van der Waals surface area contributed by atoms with Gasteiger partial charge in [0.2, 0.25) is 70.9 Å². The van der Waals surface area contributed by atoms with Crippen molar-refractivity contribution in [3.8, 4) is 0 Å². The number of primary amides is 1. The molecule has 0 unspecified atom stereocenters. The van der Waals surface area contributed by atoms with Crippen LogP contribution in [0.3, 0.4) is 0 Å². The summed E-state index contributed by atoms with van der Waals surface area (Å²) in [7, 11) is 0. The third kappa shape index (κ3) is 24.4. The SMILES string of the molecule is CC[C@H](C)[C@@H]1NC(=O)[C@@H](CCCNC(=N)N)NC(=O)[C@H](CC(C)C)NC(=O)[C@H]([C@H](O)C(C)C)NC(=O)[C@@H](NC(=O)[C@H](CC2CCCC2)NC(=O)[C@H](N)CC2CCCC2)[C@@H](c2ccccc2)NC(=O)[C@H](CO)NC(=O)[C@H]([C@H](O)C(N)=O)NC(=O)CNC(=O)[C@H]([C@H](C)O)NC1=O. The van der Waals surface area contributed by atoms with Gasteiger partial charge in [-0.1, -0.05) is 130 Å². The Kier molecular flexibility index (Phi) is 32.0. The van der Waals surface area contributed by atoms with E-state index in [2.05, 4.69) is 58.5 Å². The van der Waals surface area contributed by atoms with Crippen LogP contribution in [-0.2, 0) is 57.5 Å². The van der Waals surface area contributed by atoms with Crippen molar-refractivity contribution in [1.29, 1.82) is 5.41 Å². The van der Waals surface area contributed by atoms with Crippen LogP contribution >= 0.6 is 0 Å². The lowest BCUT2D eigenvalue weighted by Gasteiger charge is -2.34. The zero-order valence-electron chi connectivity index (χ0n) is 54.8. The zero-order chi connectivity index (χ0) is 70.1. The third-order valence-electron chi connectivity index (χ3n) is 17.3. The van der Waals surface area contributed by atoms with E-state index in [0.29, 0.717) is 19.3 Å². The molecule has 94 heavy (non-hydrogen) atoms. The lowest BCUT2D eigenvalue weighted by atomic mass is 9.93. The number of hydrogen-bond donors (Lipinski definition) is 20. The number of aliphatic hydroxyl groups is 4. The number of nitrogens with two attached hydrogens (primary N) is 3. The summed E-state index contributed by atoms with van der Waals surface area (Å²) in [5, 5.41) is 81.9. The van der Waals surface area contributed by atoms with Gasteiger partial charge in [-0.05, 0) is 74.2 Å². The van der Waals surface area contributed by atoms with E-state index < -0.39 is 187 Å². The highest BCUT2D eigenvalue weighted by atomic mass is 16.3. The molecule has 3 fully saturated rings. The minimum atomic E-state index is -2.55. The minimum absolute atomic E-state index is 0.0241. The summed E-state index contributed by atoms with van der Waals surface area (Å²) in [4.78, 5) is 172. The standard InChI is InChI=1S/C62H102N16O16/c1-8-32(6)43-58(91)75-44(33(7)80)57(90)68-28-42(81)73-48(50(83)51(64)84)61(94)72-41(29-79)56(89)76-45(36-21-10-9-11-22-36)46(77-55(88)40(27-35-19-14-15-20-35)70-52(85)37(63)26-34-17-12-13-18-34)59(92)78-47(49(82)31(4)5)60(93)71-39(25-30(2)3)54(87)69-38(53(86)74-43)23-16-24-67-62(65)66/h9-11,21-22,30-35,37-41,43-50,79-80,82-83H,8,12-20,23-29,63H2,1-7H3,(H2,64,84)(H,68,90)(H,69,87)(H,70,85)(H,71,93)(H,72,94)(H,73,81)(H,74,86)(H,75,91)(H,76,89)(H,77,88)(H,78,92)(H4,65,66,67)/t32-,33-,37+,38+,39-,40-,41-,43-,44-,45+,46-,47-,48-,49+,50-/m0/s1. The molecular formula is C62H102N16O16. The van der Waals surface area contributed by atoms with Crippen LogP contribution < -0.4 is 81.0 Å². The zero-order valence-corrected chi connectivity index (χ0v) is 54.8. The van der Waals surface area contributed by atoms with Crippen LogP contribution in [0.5, 0.6) is 0 Å². The molecule has 2 aliphatic carbocycles. The van der Waals surface area contributed by atoms with Gasteiger partial charge in [0, 0.05) is 6.54 Å². The van der Waals surface area contributed by atoms with E-state index in [0.717, 1.165) is 45.4 Å². The summed E-state index contributed by atoms with van der Waals surface area (Å²) in [5.41, 5.74) is 17.4. The van der Waals surface area contributed by atoms with E-state index >= 15 is 14.4 Å². The maximum Gasteiger partial charge on any atom is 0.248 e. The highest BCUT2D eigenvalue weighted by molar-refractivity contribution is 6.00. The van der Waals surface area contributed by atoms with E-state index in [1.54, 1.807) is 33.8 Å². The number of hydrogen-bond acceptors (Lipinski definition) is 18. The second-order valence-electron chi connectivity index (χ2n) is 25.7. The second kappa shape index (κ2) is 38.3. The van der Waals surface area contributed by atoms with Crippen LogP contribution in [0.15, 0.2) is 30.3 Å². The van der Waals surface area contributed by atoms with Gasteiger partial charge in [0.25, 0.3) is 0 Å². The number of carbonyl (C=O) groups excluding carboxylic acids is 12. The average molecular weight is 1330 g/mol. The van der Waals surface area contributed by atoms with Gasteiger partial charge < -0.3 is 101 Å². The molecule has 1 saturated heterocycles. The van der Waals surface area contributed by atoms with Crippen LogP contribution in [0.25, 0.3) is 0 Å². The molecular weight excluding hydrogens is 1220 g/mol. The van der Waals surface area contributed by atoms with Crippen molar-refractivity contribution in [3.63, 3.8) is 0 Å². The van der Waals surface area contributed by atoms with Crippen LogP contribution in [-0.4, -0.2) is 196 Å². The van der Waals surface area contributed by atoms with Crippen molar-refractivity contribution in [3.05, 3.63) is 35.9 Å². The van der Waals surface area contributed by atoms with E-state index in [9.17, 15) is 63.6 Å². The maximum atomic E-state index is 15.6. The summed E-state index contributed by atoms with van der Waals surface area (Å²) in [6.07, 6.45) is 1.15. The van der Waals surface area contributed by atoms with Gasteiger partial charge in [0.05, 0.1) is 37.4 Å². The quantitative estimate of drug-likeness (QED) is 0.0279. The summed E-state index contributed by atoms with van der Waals surface area (Å²) < 4.78 is 0. The Morgan fingerprint density at radius 1 is 0.617 bits per heavy atom. The molecule has 1 aromatic rings. The largest absolute Gasteiger partial charge is 0.394 e. The molecule has 1 aromatic carbocycles. The smallest absolute Gasteiger partial charge is 0.248 e. The number of aliphatic hydroxyl groups excluding tert-OH is 4. The fourth-order valence-electron chi connectivity index (χ4n) is 11.6. The van der Waals surface area contributed by atoms with Crippen LogP contribution in [0.4, 0.5) is 0 Å². The van der Waals surface area contributed by atoms with Gasteiger partial charge >= 0.3 is 0 Å². The van der Waals surface area contributed by atoms with E-state index in [1.165, 1.54) is 38.1 Å². The number of rotatable bonds is 23. The third-order valence-corrected chi connectivity index (χ3v) is 17.3. The van der Waals surface area contributed by atoms with E-state index in [4.69, 9.17) is 22.6 Å². The Labute approximate surface area is 547 Å². The van der Waals surface area contributed by atoms with Crippen molar-refractivity contribution in [2.24, 2.45) is 46.8 Å². The molecule has 4 rings (SSSR count). The summed E-state index contributed by atoms with van der Waals surface area (Å²) in [6.45, 7) is 8.54. The summed E-state index contributed by atoms with van der Waals surface area (Å²) >= 11 is 0. The molecule has 0 spiro atoms. The molecule has 526 valence electrons. The first kappa shape index (κ1) is 78.4. The highest BCUT2D eigenvalue weighted by Gasteiger charge is 2.43. The summed E-state index contributed by atoms with van der Waals surface area (Å²) in [5.74, 6) is -16.0. The van der Waals surface area contributed by atoms with Gasteiger partial charge in [-0.25, -0.2) is 0 Å². The average Bonchev–Trinajstić information content (AvgIpc) is 0.915. The predicted molar refractivity (Wildman–Crippen MR) is 342 cm³/mol. The molecule has 32 heteroatoms. The Morgan fingerprint density at radius 3 is 1.70 bits per heavy atom. The first-order valence-corrected chi connectivity index (χ1v) is 32.5. The Bertz CT molecular complexity index is 2770. The first-order valence-electron chi connectivity index (χ1n) is 32.5. The Morgan fingerprint density at radius 2 is 1.15 bits per heavy atom. The number of benzene rings is 1. The molecule has 2 saturated carbocycles. The molecule has 32 nitrogen and oxygen atoms in total. The number of guanidine groups is 1. The van der Waals surface area contributed by atoms with E-state index in [1.807, 2.05) is 5.32 Å². The number of amides is 12. The van der Waals surface area contributed by atoms with Gasteiger partial charge in [0.1, 0.15) is 54.4 Å². The molecule has 23 N–H and O–H groups in total. The van der Waals surface area contributed by atoms with Crippen LogP contribution in [0, 0.1) is 35.0 Å². The molecule has 0 radical (unpaired) electrons. The monoisotopic (exact) mass is 1330 g/mol.